The summed E-state index contributed by atoms with van der Waals surface area (Å²) >= 11 is 6.39. The number of hydrogen-bond acceptors (Lipinski definition) is 1. The Balaban J connectivity index is 1.93. The summed E-state index contributed by atoms with van der Waals surface area (Å²) in [5, 5.41) is 2.94. The van der Waals surface area contributed by atoms with Crippen LogP contribution in [-0.4, -0.2) is 12.5 Å². The Kier molecular flexibility index (Phi) is 5.69. The third-order valence-electron chi connectivity index (χ3n) is 4.44. The van der Waals surface area contributed by atoms with Gasteiger partial charge in [-0.05, 0) is 30.7 Å². The molecule has 1 aromatic rings. The summed E-state index contributed by atoms with van der Waals surface area (Å²) in [6.07, 6.45) is 5.37. The average Bonchev–Trinajstić information content (AvgIpc) is 2.94. The van der Waals surface area contributed by atoms with E-state index in [1.165, 1.54) is 12.8 Å². The molecule has 0 heterocycles. The Hall–Kier alpha value is -1.02. The first-order chi connectivity index (χ1) is 10.0. The van der Waals surface area contributed by atoms with Crippen LogP contribution in [-0.2, 0) is 4.79 Å². The Morgan fingerprint density at radius 1 is 1.24 bits per heavy atom. The summed E-state index contributed by atoms with van der Waals surface area (Å²) in [4.78, 5) is 12.7. The van der Waals surface area contributed by atoms with Crippen molar-refractivity contribution in [2.24, 2.45) is 11.3 Å². The predicted octanol–water partition coefficient (Wildman–Crippen LogP) is 4.69. The lowest BCUT2D eigenvalue weighted by molar-refractivity contribution is -0.131. The van der Waals surface area contributed by atoms with Crippen molar-refractivity contribution in [3.05, 3.63) is 35.9 Å². The Morgan fingerprint density at radius 3 is 2.43 bits per heavy atom. The molecular formula is C18H26ClNO. The number of rotatable bonds is 6. The standard InChI is InChI=1S/C18H26ClNO/c1-14(2)12-18(10-6-7-11-18)17(21)20-13-16(19)15-8-4-3-5-9-15/h3-5,8-9,14,16H,6-7,10-13H2,1-2H3,(H,20,21). The maximum absolute atomic E-state index is 12.7. The molecule has 1 aromatic carbocycles. The second-order valence-electron chi connectivity index (χ2n) is 6.67. The molecular weight excluding hydrogens is 282 g/mol. The normalized spacial score (nSPS) is 18.7. The summed E-state index contributed by atoms with van der Waals surface area (Å²) in [6, 6.07) is 9.93. The van der Waals surface area contributed by atoms with Crippen molar-refractivity contribution in [1.29, 1.82) is 0 Å². The van der Waals surface area contributed by atoms with Gasteiger partial charge in [-0.25, -0.2) is 0 Å². The van der Waals surface area contributed by atoms with Gasteiger partial charge in [0.25, 0.3) is 0 Å². The number of hydrogen-bond donors (Lipinski definition) is 1. The van der Waals surface area contributed by atoms with Gasteiger partial charge in [-0.2, -0.15) is 0 Å². The molecule has 0 radical (unpaired) electrons. The van der Waals surface area contributed by atoms with E-state index in [0.717, 1.165) is 24.8 Å². The predicted molar refractivity (Wildman–Crippen MR) is 88.4 cm³/mol. The zero-order chi connectivity index (χ0) is 15.3. The van der Waals surface area contributed by atoms with E-state index in [9.17, 15) is 4.79 Å². The molecule has 1 atom stereocenters. The number of alkyl halides is 1. The molecule has 0 spiro atoms. The molecule has 0 saturated heterocycles. The van der Waals surface area contributed by atoms with Crippen molar-refractivity contribution in [2.75, 3.05) is 6.54 Å². The highest BCUT2D eigenvalue weighted by atomic mass is 35.5. The van der Waals surface area contributed by atoms with Crippen molar-refractivity contribution in [3.63, 3.8) is 0 Å². The molecule has 3 heteroatoms. The van der Waals surface area contributed by atoms with Gasteiger partial charge in [-0.3, -0.25) is 4.79 Å². The number of halogens is 1. The lowest BCUT2D eigenvalue weighted by Gasteiger charge is -2.30. The molecule has 1 N–H and O–H groups in total. The van der Waals surface area contributed by atoms with Crippen LogP contribution in [0.1, 0.15) is 56.9 Å². The van der Waals surface area contributed by atoms with E-state index < -0.39 is 0 Å². The van der Waals surface area contributed by atoms with Crippen LogP contribution in [0.2, 0.25) is 0 Å². The first-order valence-corrected chi connectivity index (χ1v) is 8.44. The fourth-order valence-corrected chi connectivity index (χ4v) is 3.73. The molecule has 0 bridgehead atoms. The molecule has 0 aliphatic heterocycles. The molecule has 21 heavy (non-hydrogen) atoms. The summed E-state index contributed by atoms with van der Waals surface area (Å²) in [5.74, 6) is 0.755. The molecule has 116 valence electrons. The zero-order valence-corrected chi connectivity index (χ0v) is 13.8. The minimum absolute atomic E-state index is 0.151. The van der Waals surface area contributed by atoms with E-state index in [1.807, 2.05) is 30.3 Å². The van der Waals surface area contributed by atoms with E-state index in [4.69, 9.17) is 11.6 Å². The Labute approximate surface area is 133 Å². The molecule has 0 aromatic heterocycles. The molecule has 1 saturated carbocycles. The molecule has 1 aliphatic carbocycles. The van der Waals surface area contributed by atoms with Gasteiger partial charge in [0.2, 0.25) is 5.91 Å². The third kappa shape index (κ3) is 4.23. The van der Waals surface area contributed by atoms with Gasteiger partial charge in [0.15, 0.2) is 0 Å². The van der Waals surface area contributed by atoms with E-state index in [1.54, 1.807) is 0 Å². The van der Waals surface area contributed by atoms with Gasteiger partial charge in [-0.15, -0.1) is 11.6 Å². The minimum Gasteiger partial charge on any atom is -0.354 e. The maximum Gasteiger partial charge on any atom is 0.226 e. The number of amides is 1. The third-order valence-corrected chi connectivity index (χ3v) is 4.85. The molecule has 1 unspecified atom stereocenters. The van der Waals surface area contributed by atoms with Crippen LogP contribution in [0.3, 0.4) is 0 Å². The van der Waals surface area contributed by atoms with Gasteiger partial charge in [0, 0.05) is 12.0 Å². The van der Waals surface area contributed by atoms with Crippen LogP contribution in [0.25, 0.3) is 0 Å². The van der Waals surface area contributed by atoms with Crippen LogP contribution in [0, 0.1) is 11.3 Å². The molecule has 1 amide bonds. The van der Waals surface area contributed by atoms with Crippen molar-refractivity contribution in [1.82, 2.24) is 5.32 Å². The lowest BCUT2D eigenvalue weighted by Crippen LogP contribution is -2.41. The Morgan fingerprint density at radius 2 is 1.86 bits per heavy atom. The number of carbonyl (C=O) groups excluding carboxylic acids is 1. The van der Waals surface area contributed by atoms with Gasteiger partial charge in [0.05, 0.1) is 5.38 Å². The van der Waals surface area contributed by atoms with Gasteiger partial charge in [0.1, 0.15) is 0 Å². The number of benzene rings is 1. The van der Waals surface area contributed by atoms with Crippen molar-refractivity contribution in [2.45, 2.75) is 51.3 Å². The summed E-state index contributed by atoms with van der Waals surface area (Å²) in [7, 11) is 0. The van der Waals surface area contributed by atoms with Crippen molar-refractivity contribution < 1.29 is 4.79 Å². The highest BCUT2D eigenvalue weighted by molar-refractivity contribution is 6.21. The largest absolute Gasteiger partial charge is 0.354 e. The fourth-order valence-electron chi connectivity index (χ4n) is 3.51. The molecule has 1 fully saturated rings. The van der Waals surface area contributed by atoms with E-state index in [2.05, 4.69) is 19.2 Å². The zero-order valence-electron chi connectivity index (χ0n) is 13.1. The fraction of sp³-hybridized carbons (Fsp3) is 0.611. The Bertz CT molecular complexity index is 452. The van der Waals surface area contributed by atoms with Crippen molar-refractivity contribution >= 4 is 17.5 Å². The smallest absolute Gasteiger partial charge is 0.226 e. The van der Waals surface area contributed by atoms with Crippen LogP contribution in [0.5, 0.6) is 0 Å². The number of nitrogens with one attached hydrogen (secondary N) is 1. The van der Waals surface area contributed by atoms with E-state index in [-0.39, 0.29) is 16.7 Å². The summed E-state index contributed by atoms with van der Waals surface area (Å²) in [6.45, 7) is 4.90. The SMILES string of the molecule is CC(C)CC1(C(=O)NCC(Cl)c2ccccc2)CCCC1. The molecule has 1 aliphatic rings. The monoisotopic (exact) mass is 307 g/mol. The average molecular weight is 308 g/mol. The topological polar surface area (TPSA) is 29.1 Å². The first kappa shape index (κ1) is 16.4. The van der Waals surface area contributed by atoms with Gasteiger partial charge >= 0.3 is 0 Å². The second kappa shape index (κ2) is 7.31. The van der Waals surface area contributed by atoms with Crippen molar-refractivity contribution in [3.8, 4) is 0 Å². The van der Waals surface area contributed by atoms with E-state index in [0.29, 0.717) is 12.5 Å². The van der Waals surface area contributed by atoms with Gasteiger partial charge < -0.3 is 5.32 Å². The van der Waals surface area contributed by atoms with Crippen LogP contribution < -0.4 is 5.32 Å². The highest BCUT2D eigenvalue weighted by Gasteiger charge is 2.41. The summed E-state index contributed by atoms with van der Waals surface area (Å²) < 4.78 is 0. The second-order valence-corrected chi connectivity index (χ2v) is 7.20. The van der Waals surface area contributed by atoms with Crippen LogP contribution in [0.4, 0.5) is 0 Å². The summed E-state index contributed by atoms with van der Waals surface area (Å²) in [5.41, 5.74) is 0.908. The lowest BCUT2D eigenvalue weighted by atomic mass is 9.77. The quantitative estimate of drug-likeness (QED) is 0.759. The number of carbonyl (C=O) groups is 1. The van der Waals surface area contributed by atoms with Crippen LogP contribution in [0.15, 0.2) is 30.3 Å². The minimum atomic E-state index is -0.160. The maximum atomic E-state index is 12.7. The van der Waals surface area contributed by atoms with Crippen LogP contribution >= 0.6 is 11.6 Å². The molecule has 2 rings (SSSR count). The highest BCUT2D eigenvalue weighted by Crippen LogP contribution is 2.43. The van der Waals surface area contributed by atoms with E-state index >= 15 is 0 Å². The first-order valence-electron chi connectivity index (χ1n) is 8.01. The molecule has 2 nitrogen and oxygen atoms in total. The van der Waals surface area contributed by atoms with Gasteiger partial charge in [-0.1, -0.05) is 57.0 Å².